The Balaban J connectivity index is 2.28. The van der Waals surface area contributed by atoms with Gasteiger partial charge in [0.15, 0.2) is 11.6 Å². The van der Waals surface area contributed by atoms with E-state index in [1.54, 1.807) is 24.3 Å². The molecule has 0 unspecified atom stereocenters. The Hall–Kier alpha value is -1.90. The third-order valence-corrected chi connectivity index (χ3v) is 1.80. The first-order valence-electron chi connectivity index (χ1n) is 4.35. The smallest absolute Gasteiger partial charge is 0.165 e. The van der Waals surface area contributed by atoms with Crippen LogP contribution in [0, 0.1) is 17.7 Å². The Morgan fingerprint density at radius 1 is 1.13 bits per heavy atom. The first-order chi connectivity index (χ1) is 7.25. The molecule has 0 saturated heterocycles. The Kier molecular flexibility index (Phi) is 2.63. The molecule has 15 heavy (non-hydrogen) atoms. The van der Waals surface area contributed by atoms with Crippen LogP contribution in [0.1, 0.15) is 0 Å². The predicted octanol–water partition coefficient (Wildman–Crippen LogP) is 3.56. The maximum absolute atomic E-state index is 13.2. The summed E-state index contributed by atoms with van der Waals surface area (Å²) < 4.78 is 31.1. The van der Waals surface area contributed by atoms with Crippen molar-refractivity contribution in [3.63, 3.8) is 0 Å². The van der Waals surface area contributed by atoms with E-state index in [2.05, 4.69) is 6.07 Å². The highest BCUT2D eigenvalue weighted by molar-refractivity contribution is 5.31. The highest BCUT2D eigenvalue weighted by atomic mass is 19.1. The molecule has 0 N–H and O–H groups in total. The van der Waals surface area contributed by atoms with Crippen molar-refractivity contribution in [3.05, 3.63) is 60.2 Å². The molecule has 0 aliphatic heterocycles. The maximum Gasteiger partial charge on any atom is 0.165 e. The summed E-state index contributed by atoms with van der Waals surface area (Å²) in [7, 11) is 0. The molecule has 0 aromatic heterocycles. The predicted molar refractivity (Wildman–Crippen MR) is 51.7 cm³/mol. The summed E-state index contributed by atoms with van der Waals surface area (Å²) in [6.07, 6.45) is 0. The van der Waals surface area contributed by atoms with Crippen molar-refractivity contribution < 1.29 is 13.5 Å². The Labute approximate surface area is 85.9 Å². The molecule has 75 valence electrons. The molecule has 0 atom stereocenters. The van der Waals surface area contributed by atoms with Gasteiger partial charge in [-0.3, -0.25) is 0 Å². The van der Waals surface area contributed by atoms with Crippen molar-refractivity contribution >= 4 is 0 Å². The van der Waals surface area contributed by atoms with Crippen molar-refractivity contribution in [2.24, 2.45) is 0 Å². The average molecular weight is 205 g/mol. The molecular formula is C12H7F2O. The van der Waals surface area contributed by atoms with Gasteiger partial charge in [0.2, 0.25) is 0 Å². The topological polar surface area (TPSA) is 9.23 Å². The van der Waals surface area contributed by atoms with Gasteiger partial charge >= 0.3 is 0 Å². The number of halogens is 2. The number of ether oxygens (including phenoxy) is 1. The molecule has 1 nitrogen and oxygen atoms in total. The zero-order valence-corrected chi connectivity index (χ0v) is 7.71. The molecule has 3 heteroatoms. The van der Waals surface area contributed by atoms with Gasteiger partial charge in [0.25, 0.3) is 0 Å². The highest BCUT2D eigenvalue weighted by Gasteiger charge is 2.05. The van der Waals surface area contributed by atoms with Crippen LogP contribution in [0.25, 0.3) is 0 Å². The second-order valence-corrected chi connectivity index (χ2v) is 2.92. The second-order valence-electron chi connectivity index (χ2n) is 2.92. The molecular weight excluding hydrogens is 198 g/mol. The molecule has 1 radical (unpaired) electrons. The fourth-order valence-electron chi connectivity index (χ4n) is 1.12. The monoisotopic (exact) mass is 205 g/mol. The second kappa shape index (κ2) is 4.09. The molecule has 0 amide bonds. The molecule has 0 saturated carbocycles. The average Bonchev–Trinajstić information content (AvgIpc) is 2.25. The molecule has 0 spiro atoms. The minimum absolute atomic E-state index is 0.130. The molecule has 0 aliphatic carbocycles. The summed E-state index contributed by atoms with van der Waals surface area (Å²) in [5.74, 6) is -0.844. The minimum Gasteiger partial charge on any atom is -0.454 e. The lowest BCUT2D eigenvalue weighted by Gasteiger charge is -2.05. The summed E-state index contributed by atoms with van der Waals surface area (Å²) in [6.45, 7) is 0. The van der Waals surface area contributed by atoms with Crippen LogP contribution in [0.15, 0.2) is 42.5 Å². The van der Waals surface area contributed by atoms with E-state index in [1.165, 1.54) is 0 Å². The zero-order valence-electron chi connectivity index (χ0n) is 7.71. The molecule has 0 aliphatic rings. The summed E-state index contributed by atoms with van der Waals surface area (Å²) in [6, 6.07) is 12.4. The van der Waals surface area contributed by atoms with Gasteiger partial charge in [-0.2, -0.15) is 0 Å². The van der Waals surface area contributed by atoms with Crippen molar-refractivity contribution in [2.75, 3.05) is 0 Å². The lowest BCUT2D eigenvalue weighted by atomic mass is 10.3. The van der Waals surface area contributed by atoms with Crippen LogP contribution in [0.3, 0.4) is 0 Å². The lowest BCUT2D eigenvalue weighted by molar-refractivity contribution is 0.436. The van der Waals surface area contributed by atoms with E-state index in [1.807, 2.05) is 0 Å². The van der Waals surface area contributed by atoms with Gasteiger partial charge in [0, 0.05) is 6.07 Å². The van der Waals surface area contributed by atoms with Gasteiger partial charge in [-0.15, -0.1) is 0 Å². The molecule has 2 aromatic carbocycles. The first kappa shape index (κ1) is 9.65. The molecule has 2 rings (SSSR count). The number of hydrogen-bond donors (Lipinski definition) is 0. The maximum atomic E-state index is 13.2. The normalized spacial score (nSPS) is 10.0. The van der Waals surface area contributed by atoms with Gasteiger partial charge in [-0.05, 0) is 30.3 Å². The van der Waals surface area contributed by atoms with E-state index in [9.17, 15) is 8.78 Å². The SMILES string of the molecule is Fc1ccc(F)c(Oc2c[c]ccc2)c1. The third-order valence-electron chi connectivity index (χ3n) is 1.80. The van der Waals surface area contributed by atoms with E-state index in [0.717, 1.165) is 18.2 Å². The van der Waals surface area contributed by atoms with Crippen LogP contribution in [-0.2, 0) is 0 Å². The number of hydrogen-bond acceptors (Lipinski definition) is 1. The quantitative estimate of drug-likeness (QED) is 0.728. The Morgan fingerprint density at radius 3 is 2.73 bits per heavy atom. The zero-order chi connectivity index (χ0) is 10.7. The van der Waals surface area contributed by atoms with Crippen LogP contribution in [0.5, 0.6) is 11.5 Å². The van der Waals surface area contributed by atoms with Crippen molar-refractivity contribution in [1.82, 2.24) is 0 Å². The Morgan fingerprint density at radius 2 is 2.00 bits per heavy atom. The van der Waals surface area contributed by atoms with E-state index < -0.39 is 11.6 Å². The van der Waals surface area contributed by atoms with E-state index in [0.29, 0.717) is 5.75 Å². The largest absolute Gasteiger partial charge is 0.454 e. The molecule has 0 fully saturated rings. The minimum atomic E-state index is -0.597. The van der Waals surface area contributed by atoms with E-state index >= 15 is 0 Å². The fraction of sp³-hybridized carbons (Fsp3) is 0. The number of rotatable bonds is 2. The Bertz CT molecular complexity index is 454. The van der Waals surface area contributed by atoms with Crippen LogP contribution < -0.4 is 4.74 Å². The summed E-state index contributed by atoms with van der Waals surface area (Å²) >= 11 is 0. The van der Waals surface area contributed by atoms with Crippen LogP contribution in [-0.4, -0.2) is 0 Å². The van der Waals surface area contributed by atoms with Gasteiger partial charge in [0.05, 0.1) is 0 Å². The van der Waals surface area contributed by atoms with Crippen molar-refractivity contribution in [2.45, 2.75) is 0 Å². The standard InChI is InChI=1S/C12H7F2O/c13-9-6-7-11(14)12(8-9)15-10-4-2-1-3-5-10/h1-2,4-8H. The first-order valence-corrected chi connectivity index (χ1v) is 4.35. The van der Waals surface area contributed by atoms with Crippen LogP contribution in [0.2, 0.25) is 0 Å². The number of benzene rings is 2. The summed E-state index contributed by atoms with van der Waals surface area (Å²) in [5.41, 5.74) is 0. The third kappa shape index (κ3) is 2.31. The van der Waals surface area contributed by atoms with Gasteiger partial charge in [-0.1, -0.05) is 12.1 Å². The van der Waals surface area contributed by atoms with Gasteiger partial charge in [0.1, 0.15) is 11.6 Å². The van der Waals surface area contributed by atoms with Gasteiger partial charge in [-0.25, -0.2) is 8.78 Å². The molecule has 2 aromatic rings. The molecule has 0 heterocycles. The lowest BCUT2D eigenvalue weighted by Crippen LogP contribution is -1.89. The van der Waals surface area contributed by atoms with E-state index in [-0.39, 0.29) is 5.75 Å². The van der Waals surface area contributed by atoms with Crippen LogP contribution >= 0.6 is 0 Å². The van der Waals surface area contributed by atoms with Crippen molar-refractivity contribution in [3.8, 4) is 11.5 Å². The molecule has 0 bridgehead atoms. The van der Waals surface area contributed by atoms with Gasteiger partial charge < -0.3 is 4.74 Å². The summed E-state index contributed by atoms with van der Waals surface area (Å²) in [5, 5.41) is 0. The van der Waals surface area contributed by atoms with E-state index in [4.69, 9.17) is 4.74 Å². The highest BCUT2D eigenvalue weighted by Crippen LogP contribution is 2.24. The fourth-order valence-corrected chi connectivity index (χ4v) is 1.12. The van der Waals surface area contributed by atoms with Crippen molar-refractivity contribution in [1.29, 1.82) is 0 Å². The summed E-state index contributed by atoms with van der Waals surface area (Å²) in [4.78, 5) is 0. The van der Waals surface area contributed by atoms with Crippen LogP contribution in [0.4, 0.5) is 8.78 Å².